The number of benzene rings is 1. The fraction of sp³-hybridized carbons (Fsp3) is 0.353. The minimum absolute atomic E-state index is 0.0261. The van der Waals surface area contributed by atoms with Gasteiger partial charge in [-0.15, -0.1) is 0 Å². The summed E-state index contributed by atoms with van der Waals surface area (Å²) >= 11 is 3.39. The van der Waals surface area contributed by atoms with E-state index in [4.69, 9.17) is 5.11 Å². The smallest absolute Gasteiger partial charge is 0.339 e. The number of likely N-dealkylation sites (tertiary alicyclic amines) is 1. The molecule has 2 aromatic rings. The van der Waals surface area contributed by atoms with Crippen molar-refractivity contribution < 1.29 is 14.7 Å². The van der Waals surface area contributed by atoms with Gasteiger partial charge >= 0.3 is 5.97 Å². The van der Waals surface area contributed by atoms with Gasteiger partial charge in [-0.3, -0.25) is 9.48 Å². The molecule has 1 aliphatic heterocycles. The van der Waals surface area contributed by atoms with Crippen LogP contribution >= 0.6 is 15.9 Å². The largest absolute Gasteiger partial charge is 0.478 e. The van der Waals surface area contributed by atoms with Crippen molar-refractivity contribution in [2.24, 2.45) is 0 Å². The van der Waals surface area contributed by atoms with Gasteiger partial charge in [0.1, 0.15) is 5.56 Å². The van der Waals surface area contributed by atoms with E-state index in [1.807, 2.05) is 29.2 Å². The second-order valence-electron chi connectivity index (χ2n) is 5.93. The zero-order valence-electron chi connectivity index (χ0n) is 13.3. The summed E-state index contributed by atoms with van der Waals surface area (Å²) in [4.78, 5) is 25.5. The second-order valence-corrected chi connectivity index (χ2v) is 6.84. The number of rotatable bonds is 3. The van der Waals surface area contributed by atoms with E-state index in [-0.39, 0.29) is 17.5 Å². The highest BCUT2D eigenvalue weighted by molar-refractivity contribution is 9.10. The zero-order valence-corrected chi connectivity index (χ0v) is 14.9. The number of aromatic carboxylic acids is 1. The molecular weight excluding hydrogens is 374 g/mol. The first-order valence-corrected chi connectivity index (χ1v) is 8.59. The summed E-state index contributed by atoms with van der Waals surface area (Å²) in [6.45, 7) is 3.05. The summed E-state index contributed by atoms with van der Waals surface area (Å²) in [5, 5.41) is 13.4. The Bertz CT molecular complexity index is 779. The van der Waals surface area contributed by atoms with Gasteiger partial charge in [-0.05, 0) is 38.0 Å². The van der Waals surface area contributed by atoms with E-state index in [1.165, 1.54) is 6.20 Å². The first kappa shape index (κ1) is 16.7. The van der Waals surface area contributed by atoms with E-state index in [9.17, 15) is 9.59 Å². The normalized spacial score (nSPS) is 15.5. The third-order valence-electron chi connectivity index (χ3n) is 4.44. The molecule has 0 spiro atoms. The lowest BCUT2D eigenvalue weighted by Gasteiger charge is -2.32. The minimum Gasteiger partial charge on any atom is -0.478 e. The fourth-order valence-electron chi connectivity index (χ4n) is 3.12. The van der Waals surface area contributed by atoms with Crippen LogP contribution in [0.15, 0.2) is 34.9 Å². The van der Waals surface area contributed by atoms with Crippen molar-refractivity contribution in [2.75, 3.05) is 13.1 Å². The predicted octanol–water partition coefficient (Wildman–Crippen LogP) is 3.13. The molecule has 1 N–H and O–H groups in total. The van der Waals surface area contributed by atoms with Crippen LogP contribution in [-0.4, -0.2) is 44.8 Å². The van der Waals surface area contributed by atoms with Gasteiger partial charge in [-0.25, -0.2) is 4.79 Å². The van der Waals surface area contributed by atoms with Gasteiger partial charge in [0, 0.05) is 23.1 Å². The van der Waals surface area contributed by atoms with E-state index in [0.717, 1.165) is 17.3 Å². The minimum atomic E-state index is -0.957. The van der Waals surface area contributed by atoms with Gasteiger partial charge in [-0.1, -0.05) is 22.0 Å². The van der Waals surface area contributed by atoms with Crippen LogP contribution in [0, 0.1) is 6.92 Å². The van der Waals surface area contributed by atoms with Gasteiger partial charge in [0.15, 0.2) is 0 Å². The molecule has 0 radical (unpaired) electrons. The Kier molecular flexibility index (Phi) is 4.71. The summed E-state index contributed by atoms with van der Waals surface area (Å²) in [6.07, 6.45) is 2.93. The van der Waals surface area contributed by atoms with Crippen molar-refractivity contribution in [3.63, 3.8) is 0 Å². The second kappa shape index (κ2) is 6.76. The van der Waals surface area contributed by atoms with Crippen molar-refractivity contribution in [1.82, 2.24) is 14.7 Å². The average molecular weight is 392 g/mol. The third kappa shape index (κ3) is 3.21. The number of halogens is 1. The van der Waals surface area contributed by atoms with Gasteiger partial charge in [-0.2, -0.15) is 5.10 Å². The number of nitrogens with zero attached hydrogens (tertiary/aromatic N) is 3. The number of carbonyl (C=O) groups excluding carboxylic acids is 1. The maximum Gasteiger partial charge on any atom is 0.339 e. The van der Waals surface area contributed by atoms with Crippen LogP contribution in [0.4, 0.5) is 0 Å². The van der Waals surface area contributed by atoms with Gasteiger partial charge in [0.05, 0.1) is 17.9 Å². The van der Waals surface area contributed by atoms with Gasteiger partial charge < -0.3 is 10.0 Å². The van der Waals surface area contributed by atoms with E-state index in [1.54, 1.807) is 11.6 Å². The molecule has 24 heavy (non-hydrogen) atoms. The molecule has 3 rings (SSSR count). The van der Waals surface area contributed by atoms with Crippen LogP contribution in [0.25, 0.3) is 0 Å². The molecule has 0 atom stereocenters. The number of carbonyl (C=O) groups is 2. The van der Waals surface area contributed by atoms with Gasteiger partial charge in [0.25, 0.3) is 5.91 Å². The molecule has 6 nitrogen and oxygen atoms in total. The number of aromatic nitrogens is 2. The molecule has 0 unspecified atom stereocenters. The van der Waals surface area contributed by atoms with Crippen molar-refractivity contribution >= 4 is 27.8 Å². The summed E-state index contributed by atoms with van der Waals surface area (Å²) < 4.78 is 2.67. The van der Waals surface area contributed by atoms with Crippen LogP contribution < -0.4 is 0 Å². The van der Waals surface area contributed by atoms with Crippen molar-refractivity contribution in [1.29, 1.82) is 0 Å². The van der Waals surface area contributed by atoms with E-state index < -0.39 is 5.97 Å². The fourth-order valence-corrected chi connectivity index (χ4v) is 3.52. The van der Waals surface area contributed by atoms with Crippen LogP contribution in [0.2, 0.25) is 0 Å². The summed E-state index contributed by atoms with van der Waals surface area (Å²) in [7, 11) is 0. The number of hydrogen-bond donors (Lipinski definition) is 1. The Morgan fingerprint density at radius 2 is 2.00 bits per heavy atom. The molecular formula is C17H18BrN3O3. The number of carboxylic acid groups (broad SMARTS) is 1. The Morgan fingerprint density at radius 3 is 2.58 bits per heavy atom. The molecule has 1 aromatic carbocycles. The molecule has 0 aliphatic carbocycles. The lowest BCUT2D eigenvalue weighted by atomic mass is 10.0. The zero-order chi connectivity index (χ0) is 17.3. The molecule has 7 heteroatoms. The molecule has 126 valence electrons. The van der Waals surface area contributed by atoms with E-state index in [0.29, 0.717) is 24.3 Å². The Balaban J connectivity index is 1.68. The average Bonchev–Trinajstić information content (AvgIpc) is 2.96. The highest BCUT2D eigenvalue weighted by atomic mass is 79.9. The standard InChI is InChI=1S/C17H18BrN3O3/c1-11-15(17(23)24)10-19-21(11)14-5-7-20(8-6-14)16(22)12-3-2-4-13(18)9-12/h2-4,9-10,14H,5-8H2,1H3,(H,23,24). The highest BCUT2D eigenvalue weighted by Gasteiger charge is 2.27. The molecule has 1 saturated heterocycles. The molecule has 1 amide bonds. The van der Waals surface area contributed by atoms with Crippen LogP contribution in [0.3, 0.4) is 0 Å². The van der Waals surface area contributed by atoms with E-state index in [2.05, 4.69) is 21.0 Å². The van der Waals surface area contributed by atoms with Crippen molar-refractivity contribution in [2.45, 2.75) is 25.8 Å². The Labute approximate surface area is 148 Å². The van der Waals surface area contributed by atoms with Crippen LogP contribution in [-0.2, 0) is 0 Å². The molecule has 1 aliphatic rings. The first-order chi connectivity index (χ1) is 11.5. The lowest BCUT2D eigenvalue weighted by Crippen LogP contribution is -2.39. The summed E-state index contributed by atoms with van der Waals surface area (Å²) in [6, 6.07) is 7.51. The molecule has 1 aromatic heterocycles. The Morgan fingerprint density at radius 1 is 1.29 bits per heavy atom. The number of amides is 1. The van der Waals surface area contributed by atoms with Gasteiger partial charge in [0.2, 0.25) is 0 Å². The number of carboxylic acids is 1. The maximum atomic E-state index is 12.6. The highest BCUT2D eigenvalue weighted by Crippen LogP contribution is 2.26. The van der Waals surface area contributed by atoms with Crippen molar-refractivity contribution in [3.05, 3.63) is 51.8 Å². The topological polar surface area (TPSA) is 75.4 Å². The molecule has 0 bridgehead atoms. The maximum absolute atomic E-state index is 12.6. The lowest BCUT2D eigenvalue weighted by molar-refractivity contribution is 0.0688. The van der Waals surface area contributed by atoms with Crippen LogP contribution in [0.5, 0.6) is 0 Å². The van der Waals surface area contributed by atoms with Crippen molar-refractivity contribution in [3.8, 4) is 0 Å². The summed E-state index contributed by atoms with van der Waals surface area (Å²) in [5.41, 5.74) is 1.58. The van der Waals surface area contributed by atoms with E-state index >= 15 is 0 Å². The Hall–Kier alpha value is -2.15. The first-order valence-electron chi connectivity index (χ1n) is 7.79. The monoisotopic (exact) mass is 391 g/mol. The predicted molar refractivity (Wildman–Crippen MR) is 92.2 cm³/mol. The molecule has 1 fully saturated rings. The number of hydrogen-bond acceptors (Lipinski definition) is 3. The summed E-state index contributed by atoms with van der Waals surface area (Å²) in [5.74, 6) is -0.931. The molecule has 2 heterocycles. The quantitative estimate of drug-likeness (QED) is 0.871. The SMILES string of the molecule is Cc1c(C(=O)O)cnn1C1CCN(C(=O)c2cccc(Br)c2)CC1. The third-order valence-corrected chi connectivity index (χ3v) is 4.94. The molecule has 0 saturated carbocycles. The number of piperidine rings is 1. The van der Waals surface area contributed by atoms with Crippen LogP contribution in [0.1, 0.15) is 45.3 Å².